The van der Waals surface area contributed by atoms with Crippen molar-refractivity contribution in [3.05, 3.63) is 0 Å². The molecule has 0 saturated heterocycles. The minimum atomic E-state index is -0.118. The third kappa shape index (κ3) is 4.02. The fraction of sp³-hybridized carbons (Fsp3) is 0.889. The van der Waals surface area contributed by atoms with Crippen LogP contribution in [0.25, 0.3) is 0 Å². The van der Waals surface area contributed by atoms with E-state index in [1.54, 1.807) is 6.92 Å². The lowest BCUT2D eigenvalue weighted by Gasteiger charge is -2.26. The Morgan fingerprint density at radius 1 is 1.45 bits per heavy atom. The molecule has 0 N–H and O–H groups in total. The molecule has 0 aromatic heterocycles. The molecule has 1 atom stereocenters. The monoisotopic (exact) mass is 158 g/mol. The summed E-state index contributed by atoms with van der Waals surface area (Å²) in [5.41, 5.74) is 0.0465. The number of hydrogen-bond acceptors (Lipinski definition) is 2. The molecule has 1 unspecified atom stereocenters. The Hall–Kier alpha value is -0.530. The van der Waals surface area contributed by atoms with E-state index in [1.165, 1.54) is 0 Å². The van der Waals surface area contributed by atoms with Crippen LogP contribution in [0.3, 0.4) is 0 Å². The zero-order chi connectivity index (χ0) is 9.07. The van der Waals surface area contributed by atoms with Crippen molar-refractivity contribution in [3.63, 3.8) is 0 Å². The molecule has 0 aromatic rings. The highest BCUT2D eigenvalue weighted by Gasteiger charge is 2.22. The van der Waals surface area contributed by atoms with E-state index in [1.807, 2.05) is 6.92 Å². The Balaban J connectivity index is 3.87. The van der Waals surface area contributed by atoms with Crippen LogP contribution in [0, 0.1) is 5.41 Å². The summed E-state index contributed by atoms with van der Waals surface area (Å²) in [7, 11) is 0. The van der Waals surface area contributed by atoms with Crippen LogP contribution in [-0.4, -0.2) is 12.1 Å². The van der Waals surface area contributed by atoms with Gasteiger partial charge < -0.3 is 4.74 Å². The predicted molar refractivity (Wildman–Crippen MR) is 45.3 cm³/mol. The molecular formula is C9H18O2. The second-order valence-electron chi connectivity index (χ2n) is 3.85. The Morgan fingerprint density at radius 3 is 2.18 bits per heavy atom. The molecule has 11 heavy (non-hydrogen) atoms. The summed E-state index contributed by atoms with van der Waals surface area (Å²) < 4.78 is 5.12. The van der Waals surface area contributed by atoms with Crippen LogP contribution in [0.5, 0.6) is 0 Å². The van der Waals surface area contributed by atoms with Gasteiger partial charge in [-0.1, -0.05) is 27.7 Å². The summed E-state index contributed by atoms with van der Waals surface area (Å²) in [6, 6.07) is 0. The molecule has 0 amide bonds. The van der Waals surface area contributed by atoms with E-state index < -0.39 is 0 Å². The van der Waals surface area contributed by atoms with Crippen molar-refractivity contribution in [2.75, 3.05) is 0 Å². The van der Waals surface area contributed by atoms with Crippen LogP contribution in [-0.2, 0) is 9.53 Å². The third-order valence-corrected chi connectivity index (χ3v) is 1.82. The summed E-state index contributed by atoms with van der Waals surface area (Å²) in [6.45, 7) is 9.90. The van der Waals surface area contributed by atoms with Crippen molar-refractivity contribution >= 4 is 5.97 Å². The molecule has 66 valence electrons. The van der Waals surface area contributed by atoms with E-state index in [0.717, 1.165) is 0 Å². The van der Waals surface area contributed by atoms with Crippen LogP contribution in [0.1, 0.15) is 41.0 Å². The predicted octanol–water partition coefficient (Wildman–Crippen LogP) is 2.37. The smallest absolute Gasteiger partial charge is 0.305 e. The van der Waals surface area contributed by atoms with Crippen LogP contribution in [0.4, 0.5) is 0 Å². The molecule has 0 aliphatic rings. The lowest BCUT2D eigenvalue weighted by Crippen LogP contribution is -2.28. The number of hydrogen-bond donors (Lipinski definition) is 0. The Bertz CT molecular complexity index is 133. The third-order valence-electron chi connectivity index (χ3n) is 1.82. The minimum Gasteiger partial charge on any atom is -0.462 e. The maximum absolute atomic E-state index is 10.8. The fourth-order valence-corrected chi connectivity index (χ4v) is 0.457. The highest BCUT2D eigenvalue weighted by atomic mass is 16.5. The molecule has 0 bridgehead atoms. The highest BCUT2D eigenvalue weighted by Crippen LogP contribution is 2.21. The van der Waals surface area contributed by atoms with Crippen molar-refractivity contribution in [3.8, 4) is 0 Å². The fourth-order valence-electron chi connectivity index (χ4n) is 0.457. The van der Waals surface area contributed by atoms with Gasteiger partial charge in [-0.3, -0.25) is 4.79 Å². The molecule has 0 aliphatic heterocycles. The Kier molecular flexibility index (Phi) is 3.56. The van der Waals surface area contributed by atoms with Crippen LogP contribution in [0.2, 0.25) is 0 Å². The van der Waals surface area contributed by atoms with Crippen LogP contribution < -0.4 is 0 Å². The second kappa shape index (κ2) is 3.74. The molecule has 0 aromatic carbocycles. The lowest BCUT2D eigenvalue weighted by atomic mass is 9.90. The first-order valence-corrected chi connectivity index (χ1v) is 4.07. The van der Waals surface area contributed by atoms with E-state index in [4.69, 9.17) is 4.74 Å². The Labute approximate surface area is 68.9 Å². The van der Waals surface area contributed by atoms with Crippen molar-refractivity contribution in [1.29, 1.82) is 0 Å². The van der Waals surface area contributed by atoms with Crippen molar-refractivity contribution in [2.45, 2.75) is 47.1 Å². The zero-order valence-corrected chi connectivity index (χ0v) is 8.10. The molecule has 0 spiro atoms. The van der Waals surface area contributed by atoms with E-state index >= 15 is 0 Å². The standard InChI is InChI=1S/C9H18O2/c1-6-8(10)11-7(2)9(3,4)5/h7H,6H2,1-5H3. The van der Waals surface area contributed by atoms with Crippen molar-refractivity contribution < 1.29 is 9.53 Å². The van der Waals surface area contributed by atoms with Crippen LogP contribution >= 0.6 is 0 Å². The summed E-state index contributed by atoms with van der Waals surface area (Å²) in [5.74, 6) is -0.118. The lowest BCUT2D eigenvalue weighted by molar-refractivity contribution is -0.152. The van der Waals surface area contributed by atoms with Gasteiger partial charge in [0.1, 0.15) is 6.10 Å². The zero-order valence-electron chi connectivity index (χ0n) is 8.10. The normalized spacial score (nSPS) is 14.3. The molecule has 0 saturated carbocycles. The summed E-state index contributed by atoms with van der Waals surface area (Å²) >= 11 is 0. The molecule has 0 rings (SSSR count). The first-order valence-electron chi connectivity index (χ1n) is 4.07. The summed E-state index contributed by atoms with van der Waals surface area (Å²) in [5, 5.41) is 0. The number of carbonyl (C=O) groups is 1. The average Bonchev–Trinajstić information content (AvgIpc) is 1.85. The Morgan fingerprint density at radius 2 is 1.91 bits per heavy atom. The van der Waals surface area contributed by atoms with Gasteiger partial charge in [0.15, 0.2) is 0 Å². The second-order valence-corrected chi connectivity index (χ2v) is 3.85. The molecule has 2 heteroatoms. The van der Waals surface area contributed by atoms with Gasteiger partial charge in [0.25, 0.3) is 0 Å². The van der Waals surface area contributed by atoms with E-state index in [-0.39, 0.29) is 17.5 Å². The van der Waals surface area contributed by atoms with Gasteiger partial charge in [-0.2, -0.15) is 0 Å². The average molecular weight is 158 g/mol. The van der Waals surface area contributed by atoms with Crippen molar-refractivity contribution in [2.24, 2.45) is 5.41 Å². The van der Waals surface area contributed by atoms with Gasteiger partial charge in [0.2, 0.25) is 0 Å². The van der Waals surface area contributed by atoms with Gasteiger partial charge in [-0.15, -0.1) is 0 Å². The minimum absolute atomic E-state index is 0.00468. The van der Waals surface area contributed by atoms with E-state index in [2.05, 4.69) is 20.8 Å². The van der Waals surface area contributed by atoms with E-state index in [9.17, 15) is 4.79 Å². The summed E-state index contributed by atoms with van der Waals surface area (Å²) in [6.07, 6.45) is 0.454. The number of rotatable bonds is 2. The molecular weight excluding hydrogens is 140 g/mol. The maximum atomic E-state index is 10.8. The first kappa shape index (κ1) is 10.5. The number of esters is 1. The van der Waals surface area contributed by atoms with Gasteiger partial charge >= 0.3 is 5.97 Å². The largest absolute Gasteiger partial charge is 0.462 e. The molecule has 0 radical (unpaired) electrons. The molecule has 0 aliphatic carbocycles. The van der Waals surface area contributed by atoms with Crippen LogP contribution in [0.15, 0.2) is 0 Å². The maximum Gasteiger partial charge on any atom is 0.305 e. The highest BCUT2D eigenvalue weighted by molar-refractivity contribution is 5.69. The van der Waals surface area contributed by atoms with Gasteiger partial charge in [0, 0.05) is 6.42 Å². The molecule has 0 heterocycles. The quantitative estimate of drug-likeness (QED) is 0.577. The van der Waals surface area contributed by atoms with E-state index in [0.29, 0.717) is 6.42 Å². The molecule has 2 nitrogen and oxygen atoms in total. The SMILES string of the molecule is CCC(=O)OC(C)C(C)(C)C. The number of carbonyl (C=O) groups excluding carboxylic acids is 1. The number of ether oxygens (including phenoxy) is 1. The van der Waals surface area contributed by atoms with Gasteiger partial charge in [0.05, 0.1) is 0 Å². The van der Waals surface area contributed by atoms with Crippen molar-refractivity contribution in [1.82, 2.24) is 0 Å². The molecule has 0 fully saturated rings. The van der Waals surface area contributed by atoms with Gasteiger partial charge in [-0.25, -0.2) is 0 Å². The first-order chi connectivity index (χ1) is 4.88. The summed E-state index contributed by atoms with van der Waals surface area (Å²) in [4.78, 5) is 10.8. The topological polar surface area (TPSA) is 26.3 Å². The van der Waals surface area contributed by atoms with Gasteiger partial charge in [-0.05, 0) is 12.3 Å².